The van der Waals surface area contributed by atoms with E-state index in [1.165, 1.54) is 5.56 Å². The molecule has 16 heavy (non-hydrogen) atoms. The number of likely N-dealkylation sites (tertiary alicyclic amines) is 1. The van der Waals surface area contributed by atoms with Gasteiger partial charge < -0.3 is 5.11 Å². The normalized spacial score (nSPS) is 18.6. The van der Waals surface area contributed by atoms with Crippen LogP contribution in [0, 0.1) is 0 Å². The molecule has 1 N–H and O–H groups in total. The van der Waals surface area contributed by atoms with Gasteiger partial charge in [-0.1, -0.05) is 18.2 Å². The average Bonchev–Trinajstić information content (AvgIpc) is 2.32. The number of aliphatic hydroxyl groups is 1. The van der Waals surface area contributed by atoms with Crippen molar-refractivity contribution in [3.8, 4) is 0 Å². The zero-order valence-electron chi connectivity index (χ0n) is 9.30. The maximum absolute atomic E-state index is 10.6. The SMILES string of the molecule is O=Cc1cccc(CN2CCC(O)CC2)c1. The molecule has 0 radical (unpaired) electrons. The first-order valence-electron chi connectivity index (χ1n) is 5.72. The summed E-state index contributed by atoms with van der Waals surface area (Å²) in [4.78, 5) is 13.0. The Balaban J connectivity index is 1.95. The minimum absolute atomic E-state index is 0.127. The summed E-state index contributed by atoms with van der Waals surface area (Å²) in [5.41, 5.74) is 1.90. The molecule has 1 aliphatic rings. The van der Waals surface area contributed by atoms with Crippen molar-refractivity contribution in [1.82, 2.24) is 4.90 Å². The van der Waals surface area contributed by atoms with E-state index in [1.54, 1.807) is 0 Å². The second-order valence-corrected chi connectivity index (χ2v) is 4.37. The van der Waals surface area contributed by atoms with Crippen molar-refractivity contribution in [1.29, 1.82) is 0 Å². The largest absolute Gasteiger partial charge is 0.393 e. The number of aldehydes is 1. The number of benzene rings is 1. The molecule has 0 unspecified atom stereocenters. The maximum Gasteiger partial charge on any atom is 0.150 e. The van der Waals surface area contributed by atoms with Crippen LogP contribution < -0.4 is 0 Å². The number of nitrogens with zero attached hydrogens (tertiary/aromatic N) is 1. The molecule has 1 aliphatic heterocycles. The number of rotatable bonds is 3. The van der Waals surface area contributed by atoms with Gasteiger partial charge >= 0.3 is 0 Å². The molecule has 1 aromatic carbocycles. The lowest BCUT2D eigenvalue weighted by Crippen LogP contribution is -2.35. The minimum atomic E-state index is -0.127. The van der Waals surface area contributed by atoms with Gasteiger partial charge in [-0.15, -0.1) is 0 Å². The summed E-state index contributed by atoms with van der Waals surface area (Å²) < 4.78 is 0. The first kappa shape index (κ1) is 11.3. The Hall–Kier alpha value is -1.19. The molecule has 0 saturated carbocycles. The predicted octanol–water partition coefficient (Wildman–Crippen LogP) is 1.46. The van der Waals surface area contributed by atoms with Crippen molar-refractivity contribution in [2.24, 2.45) is 0 Å². The Bertz CT molecular complexity index is 357. The topological polar surface area (TPSA) is 40.5 Å². The fourth-order valence-electron chi connectivity index (χ4n) is 2.10. The summed E-state index contributed by atoms with van der Waals surface area (Å²) in [6, 6.07) is 7.70. The number of aliphatic hydroxyl groups excluding tert-OH is 1. The summed E-state index contributed by atoms with van der Waals surface area (Å²) in [7, 11) is 0. The first-order chi connectivity index (χ1) is 7.78. The van der Waals surface area contributed by atoms with Crippen LogP contribution in [0.15, 0.2) is 24.3 Å². The minimum Gasteiger partial charge on any atom is -0.393 e. The lowest BCUT2D eigenvalue weighted by atomic mass is 10.1. The van der Waals surface area contributed by atoms with Crippen LogP contribution in [0.3, 0.4) is 0 Å². The van der Waals surface area contributed by atoms with E-state index in [1.807, 2.05) is 24.3 Å². The van der Waals surface area contributed by atoms with E-state index in [-0.39, 0.29) is 6.10 Å². The Morgan fingerprint density at radius 1 is 1.38 bits per heavy atom. The monoisotopic (exact) mass is 219 g/mol. The second-order valence-electron chi connectivity index (χ2n) is 4.37. The molecule has 1 saturated heterocycles. The Morgan fingerprint density at radius 2 is 2.12 bits per heavy atom. The molecule has 1 fully saturated rings. The standard InChI is InChI=1S/C13H17NO2/c15-10-12-3-1-2-11(8-12)9-14-6-4-13(16)5-7-14/h1-3,8,10,13,16H,4-7,9H2. The van der Waals surface area contributed by atoms with E-state index in [0.717, 1.165) is 44.3 Å². The highest BCUT2D eigenvalue weighted by molar-refractivity contribution is 5.74. The summed E-state index contributed by atoms with van der Waals surface area (Å²) in [6.45, 7) is 2.74. The maximum atomic E-state index is 10.6. The summed E-state index contributed by atoms with van der Waals surface area (Å²) in [5, 5.41) is 9.40. The van der Waals surface area contributed by atoms with Crippen molar-refractivity contribution in [3.05, 3.63) is 35.4 Å². The Labute approximate surface area is 95.7 Å². The van der Waals surface area contributed by atoms with Crippen LogP contribution in [0.2, 0.25) is 0 Å². The van der Waals surface area contributed by atoms with Crippen LogP contribution in [0.1, 0.15) is 28.8 Å². The molecule has 1 aromatic rings. The van der Waals surface area contributed by atoms with Crippen molar-refractivity contribution in [2.45, 2.75) is 25.5 Å². The molecule has 86 valence electrons. The van der Waals surface area contributed by atoms with Gasteiger partial charge in [-0.3, -0.25) is 9.69 Å². The first-order valence-corrected chi connectivity index (χ1v) is 5.72. The van der Waals surface area contributed by atoms with Gasteiger partial charge in [0.2, 0.25) is 0 Å². The van der Waals surface area contributed by atoms with Gasteiger partial charge in [0.25, 0.3) is 0 Å². The van der Waals surface area contributed by atoms with Crippen LogP contribution in [-0.2, 0) is 6.54 Å². The van der Waals surface area contributed by atoms with E-state index in [9.17, 15) is 9.90 Å². The van der Waals surface area contributed by atoms with Gasteiger partial charge in [0.05, 0.1) is 6.10 Å². The zero-order valence-corrected chi connectivity index (χ0v) is 9.30. The third-order valence-corrected chi connectivity index (χ3v) is 3.05. The van der Waals surface area contributed by atoms with Crippen LogP contribution in [0.5, 0.6) is 0 Å². The van der Waals surface area contributed by atoms with E-state index in [4.69, 9.17) is 0 Å². The fourth-order valence-corrected chi connectivity index (χ4v) is 2.10. The molecule has 0 bridgehead atoms. The van der Waals surface area contributed by atoms with Gasteiger partial charge in [0.15, 0.2) is 0 Å². The molecular weight excluding hydrogens is 202 g/mol. The van der Waals surface area contributed by atoms with E-state index in [2.05, 4.69) is 4.90 Å². The highest BCUT2D eigenvalue weighted by atomic mass is 16.3. The van der Waals surface area contributed by atoms with Crippen molar-refractivity contribution in [2.75, 3.05) is 13.1 Å². The quantitative estimate of drug-likeness (QED) is 0.782. The number of piperidine rings is 1. The van der Waals surface area contributed by atoms with E-state index in [0.29, 0.717) is 0 Å². The van der Waals surface area contributed by atoms with Crippen LogP contribution in [0.4, 0.5) is 0 Å². The lowest BCUT2D eigenvalue weighted by molar-refractivity contribution is 0.0792. The van der Waals surface area contributed by atoms with E-state index < -0.39 is 0 Å². The molecule has 0 aliphatic carbocycles. The highest BCUT2D eigenvalue weighted by Gasteiger charge is 2.16. The number of carbonyl (C=O) groups is 1. The molecule has 1 heterocycles. The van der Waals surface area contributed by atoms with Crippen LogP contribution in [-0.4, -0.2) is 35.5 Å². The third-order valence-electron chi connectivity index (χ3n) is 3.05. The lowest BCUT2D eigenvalue weighted by Gasteiger charge is -2.29. The van der Waals surface area contributed by atoms with Crippen molar-refractivity contribution >= 4 is 6.29 Å². The van der Waals surface area contributed by atoms with Crippen LogP contribution in [0.25, 0.3) is 0 Å². The number of carbonyl (C=O) groups excluding carboxylic acids is 1. The van der Waals surface area contributed by atoms with E-state index >= 15 is 0 Å². The summed E-state index contributed by atoms with van der Waals surface area (Å²) in [5.74, 6) is 0. The van der Waals surface area contributed by atoms with Gasteiger partial charge in [0, 0.05) is 25.2 Å². The number of hydrogen-bond acceptors (Lipinski definition) is 3. The molecule has 3 nitrogen and oxygen atoms in total. The van der Waals surface area contributed by atoms with Crippen molar-refractivity contribution in [3.63, 3.8) is 0 Å². The summed E-state index contributed by atoms with van der Waals surface area (Å²) in [6.07, 6.45) is 2.46. The third kappa shape index (κ3) is 2.90. The van der Waals surface area contributed by atoms with Crippen LogP contribution >= 0.6 is 0 Å². The smallest absolute Gasteiger partial charge is 0.150 e. The highest BCUT2D eigenvalue weighted by Crippen LogP contribution is 2.14. The summed E-state index contributed by atoms with van der Waals surface area (Å²) >= 11 is 0. The van der Waals surface area contributed by atoms with Gasteiger partial charge in [-0.2, -0.15) is 0 Å². The zero-order chi connectivity index (χ0) is 11.4. The molecule has 0 aromatic heterocycles. The Kier molecular flexibility index (Phi) is 3.70. The predicted molar refractivity (Wildman–Crippen MR) is 62.3 cm³/mol. The molecule has 0 amide bonds. The second kappa shape index (κ2) is 5.23. The van der Waals surface area contributed by atoms with Crippen molar-refractivity contribution < 1.29 is 9.90 Å². The fraction of sp³-hybridized carbons (Fsp3) is 0.462. The number of hydrogen-bond donors (Lipinski definition) is 1. The Morgan fingerprint density at radius 3 is 2.81 bits per heavy atom. The van der Waals surface area contributed by atoms with Gasteiger partial charge in [-0.05, 0) is 24.5 Å². The average molecular weight is 219 g/mol. The van der Waals surface area contributed by atoms with Gasteiger partial charge in [0.1, 0.15) is 6.29 Å². The molecule has 3 heteroatoms. The van der Waals surface area contributed by atoms with Gasteiger partial charge in [-0.25, -0.2) is 0 Å². The molecule has 0 spiro atoms. The molecular formula is C13H17NO2. The molecule has 2 rings (SSSR count). The molecule has 0 atom stereocenters.